The van der Waals surface area contributed by atoms with Crippen molar-refractivity contribution in [1.29, 1.82) is 0 Å². The van der Waals surface area contributed by atoms with Gasteiger partial charge in [0.15, 0.2) is 0 Å². The number of carbonyl (C=O) groups excluding carboxylic acids is 1. The van der Waals surface area contributed by atoms with E-state index in [0.717, 1.165) is 18.7 Å². The fraction of sp³-hybridized carbons (Fsp3) is 0.312. The molecule has 1 heterocycles. The highest BCUT2D eigenvalue weighted by atomic mass is 32.2. The van der Waals surface area contributed by atoms with Gasteiger partial charge in [0, 0.05) is 23.4 Å². The van der Waals surface area contributed by atoms with Crippen molar-refractivity contribution in [2.24, 2.45) is 0 Å². The van der Waals surface area contributed by atoms with E-state index in [1.807, 2.05) is 34.9 Å². The van der Waals surface area contributed by atoms with E-state index in [-0.39, 0.29) is 5.97 Å². The summed E-state index contributed by atoms with van der Waals surface area (Å²) in [5, 5.41) is 0. The Labute approximate surface area is 129 Å². The van der Waals surface area contributed by atoms with E-state index in [4.69, 9.17) is 10.5 Å². The lowest BCUT2D eigenvalue weighted by atomic mass is 10.4. The third-order valence-corrected chi connectivity index (χ3v) is 3.90. The summed E-state index contributed by atoms with van der Waals surface area (Å²) in [7, 11) is 0. The van der Waals surface area contributed by atoms with Gasteiger partial charge in [0.25, 0.3) is 0 Å². The molecule has 1 aromatic heterocycles. The van der Waals surface area contributed by atoms with E-state index < -0.39 is 0 Å². The maximum absolute atomic E-state index is 12.1. The Balaban J connectivity index is 1.82. The van der Waals surface area contributed by atoms with E-state index in [0.29, 0.717) is 18.0 Å². The Morgan fingerprint density at radius 3 is 2.81 bits per heavy atom. The van der Waals surface area contributed by atoms with Gasteiger partial charge in [0.05, 0.1) is 5.69 Å². The maximum atomic E-state index is 12.1. The smallest absolute Gasteiger partial charge is 0.355 e. The molecule has 0 atom stereocenters. The van der Waals surface area contributed by atoms with Crippen LogP contribution in [0.1, 0.15) is 23.8 Å². The highest BCUT2D eigenvalue weighted by Gasteiger charge is 2.13. The molecule has 0 aliphatic heterocycles. The number of hydrogen-bond donors (Lipinski definition) is 1. The number of carbonyl (C=O) groups is 1. The predicted octanol–water partition coefficient (Wildman–Crippen LogP) is 3.43. The van der Waals surface area contributed by atoms with Crippen molar-refractivity contribution in [3.63, 3.8) is 0 Å². The number of hydrogen-bond acceptors (Lipinski definition) is 4. The first-order chi connectivity index (χ1) is 10.2. The molecule has 2 aromatic rings. The summed E-state index contributed by atoms with van der Waals surface area (Å²) in [5.74, 6) is 0.425. The van der Waals surface area contributed by atoms with Crippen LogP contribution in [0.25, 0.3) is 0 Å². The largest absolute Gasteiger partial charge is 0.460 e. The zero-order valence-corrected chi connectivity index (χ0v) is 12.9. The second-order valence-corrected chi connectivity index (χ2v) is 5.82. The predicted molar refractivity (Wildman–Crippen MR) is 86.6 cm³/mol. The summed E-state index contributed by atoms with van der Waals surface area (Å²) in [6.07, 6.45) is 2.72. The zero-order valence-electron chi connectivity index (χ0n) is 12.1. The van der Waals surface area contributed by atoms with Gasteiger partial charge in [-0.25, -0.2) is 4.79 Å². The molecule has 2 N–H and O–H groups in total. The van der Waals surface area contributed by atoms with E-state index >= 15 is 0 Å². The molecule has 0 saturated carbocycles. The van der Waals surface area contributed by atoms with Crippen LogP contribution in [0, 0.1) is 0 Å². The summed E-state index contributed by atoms with van der Waals surface area (Å²) in [6, 6.07) is 11.7. The van der Waals surface area contributed by atoms with E-state index in [1.165, 1.54) is 4.90 Å². The molecule has 21 heavy (non-hydrogen) atoms. The molecule has 112 valence electrons. The third-order valence-electron chi connectivity index (χ3n) is 2.92. The molecule has 0 aliphatic rings. The second kappa shape index (κ2) is 7.78. The molecule has 0 fully saturated rings. The van der Waals surface area contributed by atoms with Gasteiger partial charge < -0.3 is 15.0 Å². The Morgan fingerprint density at radius 1 is 1.33 bits per heavy atom. The van der Waals surface area contributed by atoms with Crippen LogP contribution in [-0.2, 0) is 11.3 Å². The minimum Gasteiger partial charge on any atom is -0.460 e. The first-order valence-corrected chi connectivity index (χ1v) is 8.00. The number of aryl methyl sites for hydroxylation is 1. The summed E-state index contributed by atoms with van der Waals surface area (Å²) < 4.78 is 7.16. The van der Waals surface area contributed by atoms with Crippen molar-refractivity contribution in [1.82, 2.24) is 4.57 Å². The Bertz CT molecular complexity index is 581. The number of nitrogens with zero attached hydrogens (tertiary/aromatic N) is 1. The van der Waals surface area contributed by atoms with Gasteiger partial charge in [-0.1, -0.05) is 25.1 Å². The lowest BCUT2D eigenvalue weighted by Gasteiger charge is -2.08. The molecule has 2 rings (SSSR count). The van der Waals surface area contributed by atoms with Crippen LogP contribution in [0.5, 0.6) is 0 Å². The first-order valence-electron chi connectivity index (χ1n) is 7.01. The lowest BCUT2D eigenvalue weighted by Crippen LogP contribution is -2.13. The molecule has 0 bridgehead atoms. The Kier molecular flexibility index (Phi) is 5.75. The second-order valence-electron chi connectivity index (χ2n) is 4.65. The number of ether oxygens (including phenoxy) is 1. The van der Waals surface area contributed by atoms with Crippen LogP contribution in [0.15, 0.2) is 47.5 Å². The van der Waals surface area contributed by atoms with Gasteiger partial charge in [0.1, 0.15) is 12.3 Å². The van der Waals surface area contributed by atoms with Crippen molar-refractivity contribution in [2.75, 3.05) is 18.1 Å². The fourth-order valence-corrected chi connectivity index (χ4v) is 2.77. The number of thioether (sulfide) groups is 1. The van der Waals surface area contributed by atoms with Crippen LogP contribution >= 0.6 is 11.8 Å². The molecular weight excluding hydrogens is 284 g/mol. The molecule has 0 spiro atoms. The number of nitrogen functional groups attached to an aromatic ring is 1. The van der Waals surface area contributed by atoms with Crippen LogP contribution in [0.2, 0.25) is 0 Å². The molecule has 4 nitrogen and oxygen atoms in total. The number of rotatable bonds is 7. The van der Waals surface area contributed by atoms with Gasteiger partial charge in [0.2, 0.25) is 0 Å². The topological polar surface area (TPSA) is 57.2 Å². The minimum atomic E-state index is -0.311. The number of anilines is 1. The molecular formula is C16H20N2O2S. The third kappa shape index (κ3) is 4.56. The first kappa shape index (κ1) is 15.5. The monoisotopic (exact) mass is 304 g/mol. The van der Waals surface area contributed by atoms with E-state index in [9.17, 15) is 4.79 Å². The maximum Gasteiger partial charge on any atom is 0.355 e. The average molecular weight is 304 g/mol. The highest BCUT2D eigenvalue weighted by molar-refractivity contribution is 7.99. The highest BCUT2D eigenvalue weighted by Crippen LogP contribution is 2.17. The lowest BCUT2D eigenvalue weighted by molar-refractivity contribution is 0.0517. The Morgan fingerprint density at radius 2 is 2.10 bits per heavy atom. The summed E-state index contributed by atoms with van der Waals surface area (Å²) in [6.45, 7) is 3.21. The minimum absolute atomic E-state index is 0.311. The fourth-order valence-electron chi connectivity index (χ4n) is 2.01. The quantitative estimate of drug-likeness (QED) is 0.484. The number of benzene rings is 1. The summed E-state index contributed by atoms with van der Waals surface area (Å²) in [4.78, 5) is 13.2. The molecule has 1 aromatic carbocycles. The number of aromatic nitrogens is 1. The molecule has 0 amide bonds. The van der Waals surface area contributed by atoms with Crippen LogP contribution in [-0.4, -0.2) is 22.9 Å². The Hall–Kier alpha value is -1.88. The number of nitrogens with two attached hydrogens (primary N) is 1. The molecule has 0 saturated heterocycles. The zero-order chi connectivity index (χ0) is 15.1. The SMILES string of the molecule is CCCn1cc(N)cc1C(=O)OCCSc1ccccc1. The molecule has 0 aliphatic carbocycles. The van der Waals surface area contributed by atoms with Crippen molar-refractivity contribution < 1.29 is 9.53 Å². The molecule has 0 radical (unpaired) electrons. The van der Waals surface area contributed by atoms with Crippen LogP contribution < -0.4 is 5.73 Å². The van der Waals surface area contributed by atoms with Crippen molar-refractivity contribution in [3.05, 3.63) is 48.3 Å². The summed E-state index contributed by atoms with van der Waals surface area (Å²) in [5.41, 5.74) is 6.86. The van der Waals surface area contributed by atoms with Crippen LogP contribution in [0.4, 0.5) is 5.69 Å². The van der Waals surface area contributed by atoms with Gasteiger partial charge >= 0.3 is 5.97 Å². The standard InChI is InChI=1S/C16H20N2O2S/c1-2-8-18-12-13(17)11-15(18)16(19)20-9-10-21-14-6-4-3-5-7-14/h3-7,11-12H,2,8-10,17H2,1H3. The van der Waals surface area contributed by atoms with Gasteiger partial charge in [-0.3, -0.25) is 0 Å². The summed E-state index contributed by atoms with van der Waals surface area (Å²) >= 11 is 1.67. The van der Waals surface area contributed by atoms with Crippen molar-refractivity contribution in [2.45, 2.75) is 24.8 Å². The molecule has 0 unspecified atom stereocenters. The van der Waals surface area contributed by atoms with Gasteiger partial charge in [-0.15, -0.1) is 11.8 Å². The van der Waals surface area contributed by atoms with Crippen molar-refractivity contribution >= 4 is 23.4 Å². The van der Waals surface area contributed by atoms with Gasteiger partial charge in [-0.05, 0) is 24.6 Å². The van der Waals surface area contributed by atoms with Gasteiger partial charge in [-0.2, -0.15) is 0 Å². The normalized spacial score (nSPS) is 10.5. The van der Waals surface area contributed by atoms with Crippen molar-refractivity contribution in [3.8, 4) is 0 Å². The molecule has 5 heteroatoms. The van der Waals surface area contributed by atoms with E-state index in [2.05, 4.69) is 6.92 Å². The van der Waals surface area contributed by atoms with E-state index in [1.54, 1.807) is 24.0 Å². The van der Waals surface area contributed by atoms with Crippen LogP contribution in [0.3, 0.4) is 0 Å². The number of esters is 1. The average Bonchev–Trinajstić information content (AvgIpc) is 2.86.